The fourth-order valence-electron chi connectivity index (χ4n) is 2.10. The monoisotopic (exact) mass is 248 g/mol. The van der Waals surface area contributed by atoms with Gasteiger partial charge in [-0.25, -0.2) is 4.39 Å². The molecule has 2 nitrogen and oxygen atoms in total. The van der Waals surface area contributed by atoms with E-state index in [1.54, 1.807) is 18.3 Å². The molecule has 0 bridgehead atoms. The van der Waals surface area contributed by atoms with Gasteiger partial charge in [0.2, 0.25) is 0 Å². The minimum absolute atomic E-state index is 0.0552. The lowest BCUT2D eigenvalue weighted by Gasteiger charge is -2.06. The summed E-state index contributed by atoms with van der Waals surface area (Å²) in [6.07, 6.45) is 1.66. The molecule has 1 heterocycles. The van der Waals surface area contributed by atoms with Crippen molar-refractivity contribution in [2.24, 2.45) is 0 Å². The van der Waals surface area contributed by atoms with Crippen molar-refractivity contribution in [3.63, 3.8) is 0 Å². The van der Waals surface area contributed by atoms with E-state index >= 15 is 0 Å². The molecule has 0 radical (unpaired) electrons. The molecule has 3 rings (SSSR count). The van der Waals surface area contributed by atoms with Crippen LogP contribution in [0.1, 0.15) is 5.56 Å². The molecular formula is C16H9FN2. The average molecular weight is 248 g/mol. The van der Waals surface area contributed by atoms with Crippen molar-refractivity contribution >= 4 is 10.9 Å². The number of hydrogen-bond donors (Lipinski definition) is 0. The Morgan fingerprint density at radius 2 is 1.89 bits per heavy atom. The molecular weight excluding hydrogens is 239 g/mol. The molecule has 0 amide bonds. The molecule has 1 aromatic heterocycles. The van der Waals surface area contributed by atoms with E-state index in [2.05, 4.69) is 4.98 Å². The number of benzene rings is 2. The highest BCUT2D eigenvalue weighted by Gasteiger charge is 2.10. The maximum absolute atomic E-state index is 13.6. The largest absolute Gasteiger partial charge is 0.256 e. The third-order valence-corrected chi connectivity index (χ3v) is 3.03. The molecule has 90 valence electrons. The number of rotatable bonds is 1. The van der Waals surface area contributed by atoms with Gasteiger partial charge in [-0.05, 0) is 18.2 Å². The van der Waals surface area contributed by atoms with Gasteiger partial charge in [-0.2, -0.15) is 5.26 Å². The topological polar surface area (TPSA) is 36.7 Å². The van der Waals surface area contributed by atoms with Crippen LogP contribution in [-0.4, -0.2) is 4.98 Å². The Hall–Kier alpha value is -2.73. The summed E-state index contributed by atoms with van der Waals surface area (Å²) < 4.78 is 13.6. The first kappa shape index (κ1) is 11.4. The first-order chi connectivity index (χ1) is 9.29. The fraction of sp³-hybridized carbons (Fsp3) is 0. The van der Waals surface area contributed by atoms with Gasteiger partial charge in [-0.3, -0.25) is 4.98 Å². The molecule has 0 spiro atoms. The first-order valence-electron chi connectivity index (χ1n) is 5.83. The zero-order valence-corrected chi connectivity index (χ0v) is 9.97. The molecule has 0 saturated carbocycles. The van der Waals surface area contributed by atoms with E-state index in [1.807, 2.05) is 36.4 Å². The van der Waals surface area contributed by atoms with E-state index in [0.717, 1.165) is 16.5 Å². The third kappa shape index (κ3) is 1.94. The van der Waals surface area contributed by atoms with Gasteiger partial charge in [0.25, 0.3) is 0 Å². The highest BCUT2D eigenvalue weighted by atomic mass is 19.1. The molecule has 0 fully saturated rings. The van der Waals surface area contributed by atoms with Gasteiger partial charge in [0, 0.05) is 22.7 Å². The van der Waals surface area contributed by atoms with Gasteiger partial charge >= 0.3 is 0 Å². The second kappa shape index (κ2) is 4.51. The standard InChI is InChI=1S/C16H9FN2/c17-15-6-3-5-13(14(15)9-18)12-8-11-4-1-2-7-16(11)19-10-12/h1-8,10H. The summed E-state index contributed by atoms with van der Waals surface area (Å²) in [5.41, 5.74) is 2.25. The van der Waals surface area contributed by atoms with Crippen molar-refractivity contribution < 1.29 is 4.39 Å². The molecule has 0 saturated heterocycles. The summed E-state index contributed by atoms with van der Waals surface area (Å²) >= 11 is 0. The first-order valence-corrected chi connectivity index (χ1v) is 5.83. The normalized spacial score (nSPS) is 10.3. The van der Waals surface area contributed by atoms with Crippen molar-refractivity contribution in [1.82, 2.24) is 4.98 Å². The van der Waals surface area contributed by atoms with Crippen LogP contribution < -0.4 is 0 Å². The van der Waals surface area contributed by atoms with Crippen molar-refractivity contribution in [2.45, 2.75) is 0 Å². The Balaban J connectivity index is 2.25. The zero-order chi connectivity index (χ0) is 13.2. The Bertz CT molecular complexity index is 803. The Morgan fingerprint density at radius 3 is 2.74 bits per heavy atom. The molecule has 3 heteroatoms. The van der Waals surface area contributed by atoms with Crippen LogP contribution in [0, 0.1) is 17.1 Å². The molecule has 2 aromatic carbocycles. The average Bonchev–Trinajstić information content (AvgIpc) is 2.46. The van der Waals surface area contributed by atoms with Gasteiger partial charge in [0.1, 0.15) is 11.9 Å². The summed E-state index contributed by atoms with van der Waals surface area (Å²) in [6.45, 7) is 0. The molecule has 19 heavy (non-hydrogen) atoms. The predicted molar refractivity (Wildman–Crippen MR) is 71.9 cm³/mol. The summed E-state index contributed by atoms with van der Waals surface area (Å²) in [7, 11) is 0. The van der Waals surface area contributed by atoms with Crippen molar-refractivity contribution in [3.8, 4) is 17.2 Å². The zero-order valence-electron chi connectivity index (χ0n) is 9.97. The summed E-state index contributed by atoms with van der Waals surface area (Å²) in [5, 5.41) is 10.0. The van der Waals surface area contributed by atoms with E-state index in [0.29, 0.717) is 5.56 Å². The van der Waals surface area contributed by atoms with Gasteiger partial charge in [-0.1, -0.05) is 30.3 Å². The van der Waals surface area contributed by atoms with Crippen molar-refractivity contribution in [2.75, 3.05) is 0 Å². The minimum atomic E-state index is -0.506. The fourth-order valence-corrected chi connectivity index (χ4v) is 2.10. The Kier molecular flexibility index (Phi) is 2.70. The van der Waals surface area contributed by atoms with E-state index in [1.165, 1.54) is 6.07 Å². The summed E-state index contributed by atoms with van der Waals surface area (Å²) in [5.74, 6) is -0.506. The molecule has 0 aliphatic rings. The quantitative estimate of drug-likeness (QED) is 0.654. The number of nitriles is 1. The van der Waals surface area contributed by atoms with Crippen LogP contribution >= 0.6 is 0 Å². The highest BCUT2D eigenvalue weighted by Crippen LogP contribution is 2.26. The van der Waals surface area contributed by atoms with Gasteiger partial charge in [-0.15, -0.1) is 0 Å². The third-order valence-electron chi connectivity index (χ3n) is 3.03. The number of para-hydroxylation sites is 1. The molecule has 0 aliphatic carbocycles. The molecule has 0 unspecified atom stereocenters. The van der Waals surface area contributed by atoms with Gasteiger partial charge < -0.3 is 0 Å². The lowest BCUT2D eigenvalue weighted by atomic mass is 10.00. The summed E-state index contributed by atoms with van der Waals surface area (Å²) in [6, 6.07) is 16.1. The van der Waals surface area contributed by atoms with E-state index in [9.17, 15) is 4.39 Å². The minimum Gasteiger partial charge on any atom is -0.256 e. The van der Waals surface area contributed by atoms with Crippen LogP contribution in [0.4, 0.5) is 4.39 Å². The second-order valence-corrected chi connectivity index (χ2v) is 4.19. The summed E-state index contributed by atoms with van der Waals surface area (Å²) in [4.78, 5) is 4.33. The van der Waals surface area contributed by atoms with Crippen LogP contribution in [0.25, 0.3) is 22.0 Å². The second-order valence-electron chi connectivity index (χ2n) is 4.19. The predicted octanol–water partition coefficient (Wildman–Crippen LogP) is 3.91. The number of nitrogens with zero attached hydrogens (tertiary/aromatic N) is 2. The van der Waals surface area contributed by atoms with Gasteiger partial charge in [0.05, 0.1) is 11.1 Å². The Morgan fingerprint density at radius 1 is 1.05 bits per heavy atom. The SMILES string of the molecule is N#Cc1c(F)cccc1-c1cnc2ccccc2c1. The number of hydrogen-bond acceptors (Lipinski definition) is 2. The number of pyridine rings is 1. The molecule has 0 N–H and O–H groups in total. The lowest BCUT2D eigenvalue weighted by Crippen LogP contribution is -1.90. The van der Waals surface area contributed by atoms with E-state index in [4.69, 9.17) is 5.26 Å². The molecule has 3 aromatic rings. The maximum Gasteiger partial charge on any atom is 0.141 e. The van der Waals surface area contributed by atoms with Crippen LogP contribution in [-0.2, 0) is 0 Å². The van der Waals surface area contributed by atoms with Crippen molar-refractivity contribution in [3.05, 3.63) is 66.1 Å². The number of aromatic nitrogens is 1. The highest BCUT2D eigenvalue weighted by molar-refractivity contribution is 5.84. The van der Waals surface area contributed by atoms with Gasteiger partial charge in [0.15, 0.2) is 0 Å². The smallest absolute Gasteiger partial charge is 0.141 e. The van der Waals surface area contributed by atoms with Crippen LogP contribution in [0.15, 0.2) is 54.7 Å². The van der Waals surface area contributed by atoms with Crippen LogP contribution in [0.3, 0.4) is 0 Å². The van der Waals surface area contributed by atoms with Crippen LogP contribution in [0.5, 0.6) is 0 Å². The Labute approximate surface area is 109 Å². The maximum atomic E-state index is 13.6. The molecule has 0 atom stereocenters. The number of halogens is 1. The van der Waals surface area contributed by atoms with E-state index in [-0.39, 0.29) is 5.56 Å². The van der Waals surface area contributed by atoms with Crippen molar-refractivity contribution in [1.29, 1.82) is 5.26 Å². The molecule has 0 aliphatic heterocycles. The van der Waals surface area contributed by atoms with Crippen LogP contribution in [0.2, 0.25) is 0 Å². The van der Waals surface area contributed by atoms with E-state index < -0.39 is 5.82 Å². The number of fused-ring (bicyclic) bond motifs is 1. The lowest BCUT2D eigenvalue weighted by molar-refractivity contribution is 0.624.